The van der Waals surface area contributed by atoms with Crippen molar-refractivity contribution in [2.24, 2.45) is 0 Å². The van der Waals surface area contributed by atoms with Gasteiger partial charge >= 0.3 is 23.9 Å². The van der Waals surface area contributed by atoms with E-state index in [1.165, 1.54) is 0 Å². The molecule has 0 aromatic carbocycles. The average molecular weight is 341 g/mol. The van der Waals surface area contributed by atoms with Gasteiger partial charge in [0.2, 0.25) is 6.04 Å². The zero-order valence-electron chi connectivity index (χ0n) is 12.5. The predicted molar refractivity (Wildman–Crippen MR) is 73.5 cm³/mol. The van der Waals surface area contributed by atoms with E-state index in [1.807, 2.05) is 5.32 Å². The zero-order chi connectivity index (χ0) is 13.6. The van der Waals surface area contributed by atoms with Gasteiger partial charge < -0.3 is 20.4 Å². The summed E-state index contributed by atoms with van der Waals surface area (Å²) in [5.74, 6) is -6.28. The summed E-state index contributed by atoms with van der Waals surface area (Å²) < 4.78 is 0. The smallest absolute Gasteiger partial charge is 0.332 e. The predicted octanol–water partition coefficient (Wildman–Crippen LogP) is -3.09. The van der Waals surface area contributed by atoms with Gasteiger partial charge in [0.15, 0.2) is 0 Å². The molecule has 21 heavy (non-hydrogen) atoms. The summed E-state index contributed by atoms with van der Waals surface area (Å²) in [6.45, 7) is 0. The average Bonchev–Trinajstić information content (AvgIpc) is 2.15. The monoisotopic (exact) mass is 341 g/mol. The van der Waals surface area contributed by atoms with E-state index in [4.69, 9.17) is 20.4 Å². The number of aliphatic carboxylic acids is 4. The number of rotatable bonds is 8. The molecular formula is C8H11NNa4O8. The third-order valence-corrected chi connectivity index (χ3v) is 1.81. The molecule has 0 aromatic rings. The van der Waals surface area contributed by atoms with Crippen LogP contribution >= 0.6 is 0 Å². The van der Waals surface area contributed by atoms with Crippen LogP contribution in [0.25, 0.3) is 0 Å². The molecule has 0 aliphatic carbocycles. The molecule has 0 fully saturated rings. The molecule has 5 N–H and O–H groups in total. The molecule has 0 rings (SSSR count). The van der Waals surface area contributed by atoms with E-state index < -0.39 is 48.8 Å². The molecule has 0 heterocycles. The largest absolute Gasteiger partial charge is 0.481 e. The maximum absolute atomic E-state index is 10.7. The van der Waals surface area contributed by atoms with E-state index >= 15 is 0 Å². The van der Waals surface area contributed by atoms with Crippen LogP contribution in [0.4, 0.5) is 0 Å². The molecule has 0 aromatic heterocycles. The molecule has 1 atom stereocenters. The molecular weight excluding hydrogens is 330 g/mol. The molecule has 13 heteroatoms. The zero-order valence-corrected chi connectivity index (χ0v) is 20.5. The molecule has 0 saturated heterocycles. The minimum Gasteiger partial charge on any atom is -0.481 e. The van der Waals surface area contributed by atoms with Gasteiger partial charge in [0.25, 0.3) is 0 Å². The van der Waals surface area contributed by atoms with Crippen molar-refractivity contribution in [1.29, 1.82) is 0 Å². The normalized spacial score (nSPS) is 9.76. The van der Waals surface area contributed by atoms with Crippen LogP contribution in [0.15, 0.2) is 0 Å². The van der Waals surface area contributed by atoms with Crippen molar-refractivity contribution in [2.45, 2.75) is 24.9 Å². The third-order valence-electron chi connectivity index (χ3n) is 1.81. The topological polar surface area (TPSA) is 161 Å². The van der Waals surface area contributed by atoms with Crippen LogP contribution in [0.2, 0.25) is 0 Å². The standard InChI is InChI=1S/C8H11NO8.4Na/c10-4(11)2-1-3(6(12)13)9-5(7(14)15)8(16)17;;;;/h3,5,9H,1-2H2,(H,10,11)(H,12,13)(H,14,15)(H,16,17);;;;/t3-;;;;/m0..../s1. The number of hydrogen-bond acceptors (Lipinski definition) is 5. The fourth-order valence-corrected chi connectivity index (χ4v) is 0.995. The first-order valence-corrected chi connectivity index (χ1v) is 4.42. The van der Waals surface area contributed by atoms with Gasteiger partial charge in [-0.25, -0.2) is 9.59 Å². The van der Waals surface area contributed by atoms with Crippen LogP contribution in [0.5, 0.6) is 0 Å². The van der Waals surface area contributed by atoms with Crippen LogP contribution in [-0.4, -0.2) is 175 Å². The molecule has 9 nitrogen and oxygen atoms in total. The number of carboxylic acid groups (broad SMARTS) is 4. The fourth-order valence-electron chi connectivity index (χ4n) is 0.995. The maximum Gasteiger partial charge on any atom is 0.332 e. The van der Waals surface area contributed by atoms with Crippen molar-refractivity contribution in [3.8, 4) is 0 Å². The van der Waals surface area contributed by atoms with Gasteiger partial charge in [-0.2, -0.15) is 0 Å². The van der Waals surface area contributed by atoms with Gasteiger partial charge in [-0.3, -0.25) is 14.9 Å². The van der Waals surface area contributed by atoms with E-state index in [0.29, 0.717) is 0 Å². The van der Waals surface area contributed by atoms with Crippen molar-refractivity contribution in [3.05, 3.63) is 0 Å². The van der Waals surface area contributed by atoms with E-state index in [0.717, 1.165) is 0 Å². The second-order valence-electron chi connectivity index (χ2n) is 3.10. The van der Waals surface area contributed by atoms with E-state index in [1.54, 1.807) is 0 Å². The molecule has 0 aliphatic rings. The van der Waals surface area contributed by atoms with E-state index in [2.05, 4.69) is 0 Å². The maximum atomic E-state index is 10.7. The Kier molecular flexibility index (Phi) is 29.6. The van der Waals surface area contributed by atoms with Gasteiger partial charge in [-0.1, -0.05) is 0 Å². The molecule has 0 unspecified atom stereocenters. The van der Waals surface area contributed by atoms with Crippen molar-refractivity contribution in [2.75, 3.05) is 0 Å². The summed E-state index contributed by atoms with van der Waals surface area (Å²) in [7, 11) is 0. The summed E-state index contributed by atoms with van der Waals surface area (Å²) in [6, 6.07) is -3.65. The minimum atomic E-state index is -2.09. The van der Waals surface area contributed by atoms with Crippen molar-refractivity contribution < 1.29 is 39.6 Å². The first-order chi connectivity index (χ1) is 7.75. The SMILES string of the molecule is O=C(O)CC[C@H](NC(C(=O)O)C(=O)O)C(=O)O.[Na].[Na].[Na].[Na]. The fraction of sp³-hybridized carbons (Fsp3) is 0.500. The van der Waals surface area contributed by atoms with E-state index in [-0.39, 0.29) is 118 Å². The number of hydrogen-bond donors (Lipinski definition) is 5. The van der Waals surface area contributed by atoms with Gasteiger partial charge in [0.05, 0.1) is 0 Å². The molecule has 0 spiro atoms. The summed E-state index contributed by atoms with van der Waals surface area (Å²) in [5, 5.41) is 35.8. The summed E-state index contributed by atoms with van der Waals surface area (Å²) in [4.78, 5) is 41.8. The van der Waals surface area contributed by atoms with Crippen molar-refractivity contribution in [3.63, 3.8) is 0 Å². The van der Waals surface area contributed by atoms with Gasteiger partial charge in [0, 0.05) is 125 Å². The summed E-state index contributed by atoms with van der Waals surface area (Å²) in [5.41, 5.74) is 0. The quantitative estimate of drug-likeness (QED) is 0.227. The first-order valence-electron chi connectivity index (χ1n) is 4.42. The molecule has 0 amide bonds. The van der Waals surface area contributed by atoms with Gasteiger partial charge in [-0.05, 0) is 6.42 Å². The van der Waals surface area contributed by atoms with Crippen LogP contribution < -0.4 is 5.32 Å². The second-order valence-corrected chi connectivity index (χ2v) is 3.10. The van der Waals surface area contributed by atoms with Crippen LogP contribution in [0.3, 0.4) is 0 Å². The Hall–Kier alpha value is 1.84. The van der Waals surface area contributed by atoms with Gasteiger partial charge in [0.1, 0.15) is 6.04 Å². The van der Waals surface area contributed by atoms with Gasteiger partial charge in [-0.15, -0.1) is 0 Å². The van der Waals surface area contributed by atoms with Crippen molar-refractivity contribution >= 4 is 142 Å². The Balaban J connectivity index is -0.000000213. The summed E-state index contributed by atoms with van der Waals surface area (Å²) in [6.07, 6.45) is -0.933. The Labute approximate surface area is 208 Å². The number of carboxylic acids is 4. The van der Waals surface area contributed by atoms with E-state index in [9.17, 15) is 19.2 Å². The Morgan fingerprint density at radius 1 is 0.762 bits per heavy atom. The molecule has 0 aliphatic heterocycles. The Morgan fingerprint density at radius 2 is 1.14 bits per heavy atom. The Morgan fingerprint density at radius 3 is 1.38 bits per heavy atom. The second kappa shape index (κ2) is 18.2. The van der Waals surface area contributed by atoms with Crippen LogP contribution in [-0.2, 0) is 19.2 Å². The summed E-state index contributed by atoms with van der Waals surface area (Å²) >= 11 is 0. The van der Waals surface area contributed by atoms with Crippen LogP contribution in [0.1, 0.15) is 12.8 Å². The molecule has 100 valence electrons. The molecule has 4 radical (unpaired) electrons. The number of nitrogens with one attached hydrogen (secondary N) is 1. The number of carbonyl (C=O) groups is 4. The minimum absolute atomic E-state index is 0. The third kappa shape index (κ3) is 16.5. The van der Waals surface area contributed by atoms with Crippen molar-refractivity contribution in [1.82, 2.24) is 5.32 Å². The molecule has 0 bridgehead atoms. The first kappa shape index (κ1) is 34.2. The van der Waals surface area contributed by atoms with Crippen LogP contribution in [0, 0.1) is 0 Å². The molecule has 0 saturated carbocycles. The Bertz CT molecular complexity index is 339.